The number of hydrogen-bond donors (Lipinski definition) is 2. The molecule has 104 valence electrons. The van der Waals surface area contributed by atoms with E-state index in [1.54, 1.807) is 12.1 Å². The Kier molecular flexibility index (Phi) is 4.53. The van der Waals surface area contributed by atoms with Crippen molar-refractivity contribution in [2.45, 2.75) is 19.4 Å². The molecule has 2 rings (SSSR count). The number of carbonyl (C=O) groups is 2. The van der Waals surface area contributed by atoms with Gasteiger partial charge in [0, 0.05) is 0 Å². The highest BCUT2D eigenvalue weighted by molar-refractivity contribution is 7.12. The molecule has 0 fully saturated rings. The average Bonchev–Trinajstić information content (AvgIpc) is 2.92. The fourth-order valence-corrected chi connectivity index (χ4v) is 2.66. The van der Waals surface area contributed by atoms with Crippen molar-refractivity contribution >= 4 is 23.2 Å². The first kappa shape index (κ1) is 14.3. The quantitative estimate of drug-likeness (QED) is 0.889. The summed E-state index contributed by atoms with van der Waals surface area (Å²) in [5, 5.41) is 13.6. The molecule has 2 N–H and O–H groups in total. The first-order valence-electron chi connectivity index (χ1n) is 6.19. The normalized spacial score (nSPS) is 11.8. The van der Waals surface area contributed by atoms with Gasteiger partial charge in [0.2, 0.25) is 0 Å². The Morgan fingerprint density at radius 1 is 1.25 bits per heavy atom. The van der Waals surface area contributed by atoms with Crippen molar-refractivity contribution in [1.82, 2.24) is 5.32 Å². The van der Waals surface area contributed by atoms with Gasteiger partial charge in [-0.25, -0.2) is 0 Å². The number of rotatable bonds is 5. The van der Waals surface area contributed by atoms with Gasteiger partial charge in [-0.1, -0.05) is 30.3 Å². The summed E-state index contributed by atoms with van der Waals surface area (Å²) in [7, 11) is 0. The summed E-state index contributed by atoms with van der Waals surface area (Å²) in [6.45, 7) is 1.90. The topological polar surface area (TPSA) is 66.4 Å². The van der Waals surface area contributed by atoms with E-state index in [1.165, 1.54) is 11.3 Å². The lowest BCUT2D eigenvalue weighted by atomic mass is 9.98. The zero-order valence-electron chi connectivity index (χ0n) is 11.0. The van der Waals surface area contributed by atoms with Crippen LogP contribution in [0, 0.1) is 6.92 Å². The first-order valence-corrected chi connectivity index (χ1v) is 7.07. The number of nitrogens with one attached hydrogen (secondary N) is 1. The maximum absolute atomic E-state index is 12.1. The molecule has 0 aliphatic rings. The zero-order valence-corrected chi connectivity index (χ0v) is 11.8. The molecular weight excluding hydrogens is 274 g/mol. The van der Waals surface area contributed by atoms with Gasteiger partial charge < -0.3 is 10.4 Å². The van der Waals surface area contributed by atoms with Crippen LogP contribution in [0.3, 0.4) is 0 Å². The number of carboxylic acids is 1. The molecular formula is C15H15NO3S. The lowest BCUT2D eigenvalue weighted by Gasteiger charge is -2.19. The molecule has 0 aliphatic heterocycles. The number of carbonyl (C=O) groups excluding carboxylic acids is 1. The molecule has 0 radical (unpaired) electrons. The minimum Gasteiger partial charge on any atom is -0.481 e. The lowest BCUT2D eigenvalue weighted by molar-refractivity contribution is -0.137. The van der Waals surface area contributed by atoms with Crippen molar-refractivity contribution < 1.29 is 14.7 Å². The van der Waals surface area contributed by atoms with E-state index in [1.807, 2.05) is 36.6 Å². The molecule has 1 aromatic heterocycles. The maximum atomic E-state index is 12.1. The molecule has 0 spiro atoms. The molecule has 1 amide bonds. The minimum absolute atomic E-state index is 0.137. The molecule has 1 aromatic carbocycles. The summed E-state index contributed by atoms with van der Waals surface area (Å²) in [4.78, 5) is 23.7. The third-order valence-corrected chi connectivity index (χ3v) is 3.86. The largest absolute Gasteiger partial charge is 0.481 e. The Bertz CT molecular complexity index is 607. The molecule has 0 saturated heterocycles. The maximum Gasteiger partial charge on any atom is 0.305 e. The van der Waals surface area contributed by atoms with Crippen molar-refractivity contribution in [3.05, 3.63) is 57.8 Å². The number of aliphatic carboxylic acids is 1. The second kappa shape index (κ2) is 6.34. The number of benzene rings is 1. The van der Waals surface area contributed by atoms with Crippen molar-refractivity contribution in [3.8, 4) is 0 Å². The number of amides is 1. The highest BCUT2D eigenvalue weighted by Crippen LogP contribution is 2.22. The third-order valence-electron chi connectivity index (χ3n) is 2.99. The van der Waals surface area contributed by atoms with Gasteiger partial charge in [0.15, 0.2) is 0 Å². The zero-order chi connectivity index (χ0) is 14.5. The van der Waals surface area contributed by atoms with Crippen molar-refractivity contribution in [1.29, 1.82) is 0 Å². The van der Waals surface area contributed by atoms with E-state index in [-0.39, 0.29) is 12.3 Å². The molecule has 1 heterocycles. The number of aryl methyl sites for hydroxylation is 1. The van der Waals surface area contributed by atoms with Crippen LogP contribution in [0.4, 0.5) is 0 Å². The molecule has 20 heavy (non-hydrogen) atoms. The SMILES string of the molecule is Cc1ccccc1[C@H](CC(=O)O)NC(=O)c1cccs1. The van der Waals surface area contributed by atoms with Crippen LogP contribution >= 0.6 is 11.3 Å². The van der Waals surface area contributed by atoms with Crippen molar-refractivity contribution in [2.24, 2.45) is 0 Å². The van der Waals surface area contributed by atoms with Gasteiger partial charge >= 0.3 is 5.97 Å². The van der Waals surface area contributed by atoms with Crippen LogP contribution in [0.25, 0.3) is 0 Å². The van der Waals surface area contributed by atoms with Crippen LogP contribution < -0.4 is 5.32 Å². The van der Waals surface area contributed by atoms with Crippen LogP contribution in [0.15, 0.2) is 41.8 Å². The highest BCUT2D eigenvalue weighted by Gasteiger charge is 2.20. The number of thiophene rings is 1. The van der Waals surface area contributed by atoms with E-state index >= 15 is 0 Å². The predicted molar refractivity (Wildman–Crippen MR) is 78.0 cm³/mol. The van der Waals surface area contributed by atoms with Gasteiger partial charge in [-0.2, -0.15) is 0 Å². The van der Waals surface area contributed by atoms with Gasteiger partial charge in [0.1, 0.15) is 0 Å². The summed E-state index contributed by atoms with van der Waals surface area (Å²) < 4.78 is 0. The second-order valence-electron chi connectivity index (χ2n) is 4.46. The molecule has 0 saturated carbocycles. The molecule has 4 nitrogen and oxygen atoms in total. The van der Waals surface area contributed by atoms with E-state index in [0.717, 1.165) is 11.1 Å². The average molecular weight is 289 g/mol. The summed E-state index contributed by atoms with van der Waals surface area (Å²) in [6.07, 6.45) is -0.137. The van der Waals surface area contributed by atoms with Gasteiger partial charge in [0.25, 0.3) is 5.91 Å². The Labute approximate surface area is 121 Å². The molecule has 2 aromatic rings. The molecule has 0 aliphatic carbocycles. The van der Waals surface area contributed by atoms with Gasteiger partial charge in [-0.3, -0.25) is 9.59 Å². The van der Waals surface area contributed by atoms with E-state index in [4.69, 9.17) is 5.11 Å². The van der Waals surface area contributed by atoms with Crippen molar-refractivity contribution in [3.63, 3.8) is 0 Å². The number of carboxylic acid groups (broad SMARTS) is 1. The Hall–Kier alpha value is -2.14. The standard InChI is InChI=1S/C15H15NO3S/c1-10-5-2-3-6-11(10)12(9-14(17)18)16-15(19)13-7-4-8-20-13/h2-8,12H,9H2,1H3,(H,16,19)(H,17,18)/t12-/m0/s1. The highest BCUT2D eigenvalue weighted by atomic mass is 32.1. The summed E-state index contributed by atoms with van der Waals surface area (Å²) in [6, 6.07) is 10.5. The van der Waals surface area contributed by atoms with Gasteiger partial charge in [-0.05, 0) is 29.5 Å². The van der Waals surface area contributed by atoms with Crippen LogP contribution in [0.5, 0.6) is 0 Å². The van der Waals surface area contributed by atoms with E-state index in [9.17, 15) is 9.59 Å². The third kappa shape index (κ3) is 3.45. The van der Waals surface area contributed by atoms with Crippen LogP contribution in [0.2, 0.25) is 0 Å². The summed E-state index contributed by atoms with van der Waals surface area (Å²) >= 11 is 1.33. The predicted octanol–water partition coefficient (Wildman–Crippen LogP) is 3.00. The molecule has 0 unspecified atom stereocenters. The monoisotopic (exact) mass is 289 g/mol. The Morgan fingerprint density at radius 3 is 2.60 bits per heavy atom. The van der Waals surface area contributed by atoms with Crippen LogP contribution in [-0.2, 0) is 4.79 Å². The summed E-state index contributed by atoms with van der Waals surface area (Å²) in [5.41, 5.74) is 1.80. The minimum atomic E-state index is -0.940. The Morgan fingerprint density at radius 2 is 2.00 bits per heavy atom. The lowest BCUT2D eigenvalue weighted by Crippen LogP contribution is -2.30. The van der Waals surface area contributed by atoms with E-state index in [2.05, 4.69) is 5.32 Å². The smallest absolute Gasteiger partial charge is 0.305 e. The number of hydrogen-bond acceptors (Lipinski definition) is 3. The van der Waals surface area contributed by atoms with Crippen molar-refractivity contribution in [2.75, 3.05) is 0 Å². The van der Waals surface area contributed by atoms with Crippen LogP contribution in [0.1, 0.15) is 33.3 Å². The fourth-order valence-electron chi connectivity index (χ4n) is 2.03. The first-order chi connectivity index (χ1) is 9.58. The van der Waals surface area contributed by atoms with E-state index < -0.39 is 12.0 Å². The van der Waals surface area contributed by atoms with E-state index in [0.29, 0.717) is 4.88 Å². The molecule has 0 bridgehead atoms. The van der Waals surface area contributed by atoms with Gasteiger partial charge in [-0.15, -0.1) is 11.3 Å². The molecule has 5 heteroatoms. The van der Waals surface area contributed by atoms with Crippen LogP contribution in [-0.4, -0.2) is 17.0 Å². The Balaban J connectivity index is 2.22. The fraction of sp³-hybridized carbons (Fsp3) is 0.200. The van der Waals surface area contributed by atoms with Gasteiger partial charge in [0.05, 0.1) is 17.3 Å². The molecule has 1 atom stereocenters. The second-order valence-corrected chi connectivity index (χ2v) is 5.41. The summed E-state index contributed by atoms with van der Waals surface area (Å²) in [5.74, 6) is -1.18.